The highest BCUT2D eigenvalue weighted by atomic mass is 19.1. The van der Waals surface area contributed by atoms with E-state index in [2.05, 4.69) is 5.32 Å². The molecule has 1 aromatic carbocycles. The van der Waals surface area contributed by atoms with Gasteiger partial charge < -0.3 is 10.4 Å². The Morgan fingerprint density at radius 3 is 2.54 bits per heavy atom. The molecule has 1 saturated heterocycles. The minimum atomic E-state index is -1.23. The standard InChI is InChI=1S/C9H9F2NO/c10-6-1-2-8(11)7(3-6)9(13)4-12-5-9/h1-3,12-13H,4-5H2. The predicted octanol–water partition coefficient (Wildman–Crippen LogP) is 0.756. The molecule has 1 heterocycles. The van der Waals surface area contributed by atoms with E-state index in [0.29, 0.717) is 0 Å². The lowest BCUT2D eigenvalue weighted by atomic mass is 9.88. The van der Waals surface area contributed by atoms with Crippen molar-refractivity contribution in [3.63, 3.8) is 0 Å². The molecule has 70 valence electrons. The monoisotopic (exact) mass is 185 g/mol. The second kappa shape index (κ2) is 2.75. The van der Waals surface area contributed by atoms with Gasteiger partial charge in [0.05, 0.1) is 0 Å². The zero-order chi connectivity index (χ0) is 9.47. The molecular weight excluding hydrogens is 176 g/mol. The summed E-state index contributed by atoms with van der Waals surface area (Å²) in [4.78, 5) is 0. The van der Waals surface area contributed by atoms with Gasteiger partial charge in [-0.3, -0.25) is 0 Å². The predicted molar refractivity (Wildman–Crippen MR) is 43.1 cm³/mol. The van der Waals surface area contributed by atoms with Gasteiger partial charge in [-0.25, -0.2) is 8.78 Å². The Hall–Kier alpha value is -1.00. The molecule has 4 heteroatoms. The maximum atomic E-state index is 13.1. The Kier molecular flexibility index (Phi) is 1.82. The van der Waals surface area contributed by atoms with Crippen LogP contribution in [0, 0.1) is 11.6 Å². The largest absolute Gasteiger partial charge is 0.382 e. The van der Waals surface area contributed by atoms with Crippen molar-refractivity contribution in [1.29, 1.82) is 0 Å². The molecule has 2 rings (SSSR count). The molecule has 0 unspecified atom stereocenters. The van der Waals surface area contributed by atoms with Gasteiger partial charge in [-0.1, -0.05) is 0 Å². The third-order valence-electron chi connectivity index (χ3n) is 2.26. The fourth-order valence-corrected chi connectivity index (χ4v) is 1.41. The van der Waals surface area contributed by atoms with Crippen LogP contribution >= 0.6 is 0 Å². The van der Waals surface area contributed by atoms with Crippen LogP contribution in [0.2, 0.25) is 0 Å². The molecule has 0 saturated carbocycles. The maximum Gasteiger partial charge on any atom is 0.129 e. The van der Waals surface area contributed by atoms with Crippen LogP contribution in [0.1, 0.15) is 5.56 Å². The number of nitrogens with one attached hydrogen (secondary N) is 1. The number of benzene rings is 1. The van der Waals surface area contributed by atoms with E-state index in [1.807, 2.05) is 0 Å². The van der Waals surface area contributed by atoms with Gasteiger partial charge in [-0.2, -0.15) is 0 Å². The minimum Gasteiger partial charge on any atom is -0.382 e. The van der Waals surface area contributed by atoms with Crippen LogP contribution in [-0.2, 0) is 5.60 Å². The zero-order valence-corrected chi connectivity index (χ0v) is 6.85. The lowest BCUT2D eigenvalue weighted by Gasteiger charge is -2.38. The molecule has 0 aromatic heterocycles. The molecule has 1 aliphatic rings. The van der Waals surface area contributed by atoms with E-state index >= 15 is 0 Å². The van der Waals surface area contributed by atoms with Crippen LogP contribution in [0.4, 0.5) is 8.78 Å². The minimum absolute atomic E-state index is 0.0336. The summed E-state index contributed by atoms with van der Waals surface area (Å²) < 4.78 is 25.9. The summed E-state index contributed by atoms with van der Waals surface area (Å²) in [6.45, 7) is 0.542. The number of aliphatic hydroxyl groups is 1. The SMILES string of the molecule is OC1(c2cc(F)ccc2F)CNC1. The van der Waals surface area contributed by atoms with Crippen molar-refractivity contribution < 1.29 is 13.9 Å². The topological polar surface area (TPSA) is 32.3 Å². The van der Waals surface area contributed by atoms with Crippen molar-refractivity contribution in [2.24, 2.45) is 0 Å². The zero-order valence-electron chi connectivity index (χ0n) is 6.85. The van der Waals surface area contributed by atoms with Crippen molar-refractivity contribution in [3.8, 4) is 0 Å². The van der Waals surface area contributed by atoms with Gasteiger partial charge in [0.15, 0.2) is 0 Å². The fourth-order valence-electron chi connectivity index (χ4n) is 1.41. The second-order valence-corrected chi connectivity index (χ2v) is 3.26. The highest BCUT2D eigenvalue weighted by Gasteiger charge is 2.38. The summed E-state index contributed by atoms with van der Waals surface area (Å²) in [5.74, 6) is -1.10. The molecule has 2 nitrogen and oxygen atoms in total. The summed E-state index contributed by atoms with van der Waals surface area (Å²) in [6, 6.07) is 3.10. The Morgan fingerprint density at radius 1 is 1.31 bits per heavy atom. The van der Waals surface area contributed by atoms with E-state index in [9.17, 15) is 13.9 Å². The summed E-state index contributed by atoms with van der Waals surface area (Å²) >= 11 is 0. The molecule has 1 fully saturated rings. The smallest absolute Gasteiger partial charge is 0.129 e. The van der Waals surface area contributed by atoms with Gasteiger partial charge in [0.25, 0.3) is 0 Å². The molecule has 0 atom stereocenters. The van der Waals surface area contributed by atoms with Crippen LogP contribution in [0.25, 0.3) is 0 Å². The Morgan fingerprint density at radius 2 is 2.00 bits per heavy atom. The average molecular weight is 185 g/mol. The normalized spacial score (nSPS) is 19.6. The first-order chi connectivity index (χ1) is 6.12. The molecular formula is C9H9F2NO. The van der Waals surface area contributed by atoms with E-state index < -0.39 is 17.2 Å². The number of hydrogen-bond acceptors (Lipinski definition) is 2. The number of halogens is 2. The van der Waals surface area contributed by atoms with Gasteiger partial charge in [0.1, 0.15) is 17.2 Å². The van der Waals surface area contributed by atoms with Gasteiger partial charge in [0.2, 0.25) is 0 Å². The quantitative estimate of drug-likeness (QED) is 0.676. The number of hydrogen-bond donors (Lipinski definition) is 2. The Balaban J connectivity index is 2.43. The molecule has 0 aliphatic carbocycles. The highest BCUT2D eigenvalue weighted by Crippen LogP contribution is 2.27. The van der Waals surface area contributed by atoms with Crippen LogP contribution in [0.3, 0.4) is 0 Å². The highest BCUT2D eigenvalue weighted by molar-refractivity contribution is 5.28. The van der Waals surface area contributed by atoms with Gasteiger partial charge in [-0.15, -0.1) is 0 Å². The first-order valence-electron chi connectivity index (χ1n) is 4.00. The van der Waals surface area contributed by atoms with E-state index in [0.717, 1.165) is 18.2 Å². The molecule has 0 amide bonds. The molecule has 13 heavy (non-hydrogen) atoms. The van der Waals surface area contributed by atoms with E-state index in [1.54, 1.807) is 0 Å². The first-order valence-corrected chi connectivity index (χ1v) is 4.00. The maximum absolute atomic E-state index is 13.1. The van der Waals surface area contributed by atoms with Crippen molar-refractivity contribution in [1.82, 2.24) is 5.32 Å². The number of β-amino-alcohol motifs (C(OH)–C–C–N with tert-alkyl or cyclic N) is 1. The molecule has 1 aliphatic heterocycles. The van der Waals surface area contributed by atoms with Crippen molar-refractivity contribution in [2.45, 2.75) is 5.60 Å². The second-order valence-electron chi connectivity index (χ2n) is 3.26. The lowest BCUT2D eigenvalue weighted by Crippen LogP contribution is -2.57. The van der Waals surface area contributed by atoms with Crippen LogP contribution < -0.4 is 5.32 Å². The Bertz CT molecular complexity index is 336. The number of rotatable bonds is 1. The van der Waals surface area contributed by atoms with Gasteiger partial charge in [0, 0.05) is 18.7 Å². The van der Waals surface area contributed by atoms with Crippen LogP contribution in [-0.4, -0.2) is 18.2 Å². The lowest BCUT2D eigenvalue weighted by molar-refractivity contribution is -0.0179. The molecule has 1 aromatic rings. The third-order valence-corrected chi connectivity index (χ3v) is 2.26. The average Bonchev–Trinajstić information content (AvgIpc) is 2.05. The molecule has 0 bridgehead atoms. The molecule has 2 N–H and O–H groups in total. The van der Waals surface area contributed by atoms with E-state index in [4.69, 9.17) is 0 Å². The fraction of sp³-hybridized carbons (Fsp3) is 0.333. The third kappa shape index (κ3) is 1.32. The first kappa shape index (κ1) is 8.59. The Labute approximate surface area is 74.2 Å². The van der Waals surface area contributed by atoms with Crippen LogP contribution in [0.5, 0.6) is 0 Å². The van der Waals surface area contributed by atoms with Crippen molar-refractivity contribution >= 4 is 0 Å². The van der Waals surface area contributed by atoms with Crippen molar-refractivity contribution in [3.05, 3.63) is 35.4 Å². The van der Waals surface area contributed by atoms with E-state index in [-0.39, 0.29) is 18.7 Å². The summed E-state index contributed by atoms with van der Waals surface area (Å²) in [5.41, 5.74) is -1.20. The molecule has 0 radical (unpaired) electrons. The summed E-state index contributed by atoms with van der Waals surface area (Å²) in [5, 5.41) is 12.5. The summed E-state index contributed by atoms with van der Waals surface area (Å²) in [7, 11) is 0. The van der Waals surface area contributed by atoms with Crippen molar-refractivity contribution in [2.75, 3.05) is 13.1 Å². The van der Waals surface area contributed by atoms with Gasteiger partial charge in [-0.05, 0) is 18.2 Å². The van der Waals surface area contributed by atoms with Crippen LogP contribution in [0.15, 0.2) is 18.2 Å². The molecule has 0 spiro atoms. The van der Waals surface area contributed by atoms with Gasteiger partial charge >= 0.3 is 0 Å². The summed E-state index contributed by atoms with van der Waals surface area (Å²) in [6.07, 6.45) is 0. The van der Waals surface area contributed by atoms with E-state index in [1.165, 1.54) is 0 Å².